The van der Waals surface area contributed by atoms with E-state index in [9.17, 15) is 4.79 Å². The number of hydrogen-bond donors (Lipinski definition) is 1. The van der Waals surface area contributed by atoms with Crippen LogP contribution in [0.5, 0.6) is 0 Å². The molecule has 1 saturated carbocycles. The van der Waals surface area contributed by atoms with Crippen molar-refractivity contribution < 1.29 is 4.79 Å². The molecule has 1 amide bonds. The minimum Gasteiger partial charge on any atom is -0.350 e. The van der Waals surface area contributed by atoms with Crippen molar-refractivity contribution in [1.82, 2.24) is 9.88 Å². The molecular formula is C13H19BrN2O. The number of halogens is 1. The van der Waals surface area contributed by atoms with Crippen LogP contribution in [0.2, 0.25) is 0 Å². The Morgan fingerprint density at radius 3 is 2.71 bits per heavy atom. The van der Waals surface area contributed by atoms with Crippen LogP contribution in [0.15, 0.2) is 16.7 Å². The van der Waals surface area contributed by atoms with Gasteiger partial charge in [-0.25, -0.2) is 0 Å². The van der Waals surface area contributed by atoms with Crippen molar-refractivity contribution in [1.29, 1.82) is 0 Å². The summed E-state index contributed by atoms with van der Waals surface area (Å²) in [6.45, 7) is 7.04. The molecule has 0 radical (unpaired) electrons. The smallest absolute Gasteiger partial charge is 0.267 e. The van der Waals surface area contributed by atoms with Crippen molar-refractivity contribution in [3.63, 3.8) is 0 Å². The lowest BCUT2D eigenvalue weighted by Crippen LogP contribution is -2.33. The van der Waals surface area contributed by atoms with Crippen LogP contribution in [0.1, 0.15) is 50.1 Å². The van der Waals surface area contributed by atoms with Gasteiger partial charge in [-0.3, -0.25) is 4.79 Å². The monoisotopic (exact) mass is 298 g/mol. The van der Waals surface area contributed by atoms with E-state index in [2.05, 4.69) is 46.6 Å². The Balaban J connectivity index is 2.08. The molecule has 0 saturated heterocycles. The Bertz CT molecular complexity index is 427. The molecule has 0 aliphatic heterocycles. The van der Waals surface area contributed by atoms with Gasteiger partial charge >= 0.3 is 0 Å². The summed E-state index contributed by atoms with van der Waals surface area (Å²) in [7, 11) is 0. The lowest BCUT2D eigenvalue weighted by Gasteiger charge is -2.19. The van der Waals surface area contributed by atoms with E-state index in [0.717, 1.165) is 10.2 Å². The SMILES string of the molecule is CC(C)(C)CNC(=O)c1cc(Br)cn1C1CC1. The lowest BCUT2D eigenvalue weighted by molar-refractivity contribution is 0.0930. The van der Waals surface area contributed by atoms with E-state index in [1.165, 1.54) is 12.8 Å². The van der Waals surface area contributed by atoms with Crippen LogP contribution < -0.4 is 5.32 Å². The Labute approximate surface area is 111 Å². The third-order valence-corrected chi connectivity index (χ3v) is 3.20. The summed E-state index contributed by atoms with van der Waals surface area (Å²) < 4.78 is 3.06. The number of hydrogen-bond acceptors (Lipinski definition) is 1. The lowest BCUT2D eigenvalue weighted by atomic mass is 9.97. The van der Waals surface area contributed by atoms with Gasteiger partial charge in [0.1, 0.15) is 5.69 Å². The first-order chi connectivity index (χ1) is 7.87. The molecule has 1 aromatic heterocycles. The van der Waals surface area contributed by atoms with Crippen LogP contribution in [0.3, 0.4) is 0 Å². The molecule has 1 N–H and O–H groups in total. The highest BCUT2D eigenvalue weighted by atomic mass is 79.9. The van der Waals surface area contributed by atoms with Crippen molar-refractivity contribution in [3.05, 3.63) is 22.4 Å². The van der Waals surface area contributed by atoms with Crippen LogP contribution in [-0.2, 0) is 0 Å². The highest BCUT2D eigenvalue weighted by molar-refractivity contribution is 9.10. The molecule has 0 bridgehead atoms. The zero-order valence-corrected chi connectivity index (χ0v) is 12.2. The average molecular weight is 299 g/mol. The topological polar surface area (TPSA) is 34.0 Å². The third kappa shape index (κ3) is 3.35. The van der Waals surface area contributed by atoms with Gasteiger partial charge in [-0.1, -0.05) is 20.8 Å². The predicted octanol–water partition coefficient (Wildman–Crippen LogP) is 3.36. The van der Waals surface area contributed by atoms with Gasteiger partial charge in [-0.05, 0) is 40.3 Å². The third-order valence-electron chi connectivity index (χ3n) is 2.77. The van der Waals surface area contributed by atoms with Gasteiger partial charge in [-0.15, -0.1) is 0 Å². The summed E-state index contributed by atoms with van der Waals surface area (Å²) >= 11 is 3.44. The molecule has 1 aliphatic rings. The molecule has 3 nitrogen and oxygen atoms in total. The molecule has 0 spiro atoms. The van der Waals surface area contributed by atoms with E-state index in [4.69, 9.17) is 0 Å². The summed E-state index contributed by atoms with van der Waals surface area (Å²) in [6, 6.07) is 2.42. The first-order valence-electron chi connectivity index (χ1n) is 6.02. The Morgan fingerprint density at radius 2 is 2.18 bits per heavy atom. The molecule has 2 rings (SSSR count). The van der Waals surface area contributed by atoms with E-state index < -0.39 is 0 Å². The van der Waals surface area contributed by atoms with Crippen LogP contribution >= 0.6 is 15.9 Å². The zero-order chi connectivity index (χ0) is 12.6. The second-order valence-electron chi connectivity index (χ2n) is 5.93. The van der Waals surface area contributed by atoms with Crippen LogP contribution in [0.25, 0.3) is 0 Å². The molecule has 1 fully saturated rings. The van der Waals surface area contributed by atoms with Crippen molar-refractivity contribution in [2.45, 2.75) is 39.7 Å². The molecule has 1 heterocycles. The first kappa shape index (κ1) is 12.7. The fourth-order valence-electron chi connectivity index (χ4n) is 1.72. The van der Waals surface area contributed by atoms with E-state index in [0.29, 0.717) is 12.6 Å². The molecule has 0 aromatic carbocycles. The maximum atomic E-state index is 12.1. The number of nitrogens with zero attached hydrogens (tertiary/aromatic N) is 1. The molecular weight excluding hydrogens is 280 g/mol. The van der Waals surface area contributed by atoms with Crippen molar-refractivity contribution in [2.24, 2.45) is 5.41 Å². The predicted molar refractivity (Wildman–Crippen MR) is 72.2 cm³/mol. The van der Waals surface area contributed by atoms with Crippen LogP contribution in [-0.4, -0.2) is 17.0 Å². The molecule has 0 atom stereocenters. The molecule has 1 aliphatic carbocycles. The first-order valence-corrected chi connectivity index (χ1v) is 6.82. The summed E-state index contributed by atoms with van der Waals surface area (Å²) in [5, 5.41) is 2.99. The minimum absolute atomic E-state index is 0.0255. The zero-order valence-electron chi connectivity index (χ0n) is 10.6. The van der Waals surface area contributed by atoms with E-state index in [1.807, 2.05) is 12.3 Å². The number of carbonyl (C=O) groups excluding carboxylic acids is 1. The van der Waals surface area contributed by atoms with Gasteiger partial charge in [0.25, 0.3) is 5.91 Å². The fraction of sp³-hybridized carbons (Fsp3) is 0.615. The van der Waals surface area contributed by atoms with Gasteiger partial charge in [0.2, 0.25) is 0 Å². The normalized spacial score (nSPS) is 16.0. The summed E-state index contributed by atoms with van der Waals surface area (Å²) in [4.78, 5) is 12.1. The Kier molecular flexibility index (Phi) is 3.34. The maximum absolute atomic E-state index is 12.1. The summed E-state index contributed by atoms with van der Waals surface area (Å²) in [6.07, 6.45) is 4.37. The molecule has 0 unspecified atom stereocenters. The number of rotatable bonds is 3. The largest absolute Gasteiger partial charge is 0.350 e. The quantitative estimate of drug-likeness (QED) is 0.912. The van der Waals surface area contributed by atoms with Gasteiger partial charge in [0, 0.05) is 23.3 Å². The van der Waals surface area contributed by atoms with Crippen molar-refractivity contribution >= 4 is 21.8 Å². The number of carbonyl (C=O) groups is 1. The minimum atomic E-state index is 0.0255. The van der Waals surface area contributed by atoms with E-state index >= 15 is 0 Å². The van der Waals surface area contributed by atoms with Crippen molar-refractivity contribution in [2.75, 3.05) is 6.54 Å². The number of aromatic nitrogens is 1. The standard InChI is InChI=1S/C13H19BrN2O/c1-13(2,3)8-15-12(17)11-6-9(14)7-16(11)10-4-5-10/h6-7,10H,4-5,8H2,1-3H3,(H,15,17). The highest BCUT2D eigenvalue weighted by Crippen LogP contribution is 2.37. The van der Waals surface area contributed by atoms with E-state index in [-0.39, 0.29) is 11.3 Å². The van der Waals surface area contributed by atoms with Crippen LogP contribution in [0.4, 0.5) is 0 Å². The highest BCUT2D eigenvalue weighted by Gasteiger charge is 2.28. The maximum Gasteiger partial charge on any atom is 0.267 e. The fourth-order valence-corrected chi connectivity index (χ4v) is 2.16. The molecule has 17 heavy (non-hydrogen) atoms. The summed E-state index contributed by atoms with van der Waals surface area (Å²) in [5.74, 6) is 0.0255. The van der Waals surface area contributed by atoms with Crippen LogP contribution in [0, 0.1) is 5.41 Å². The Morgan fingerprint density at radius 1 is 1.53 bits per heavy atom. The summed E-state index contributed by atoms with van der Waals surface area (Å²) in [5.41, 5.74) is 0.882. The van der Waals surface area contributed by atoms with Gasteiger partial charge in [0.05, 0.1) is 0 Å². The molecule has 4 heteroatoms. The van der Waals surface area contributed by atoms with Gasteiger partial charge in [0.15, 0.2) is 0 Å². The van der Waals surface area contributed by atoms with Gasteiger partial charge < -0.3 is 9.88 Å². The Hall–Kier alpha value is -0.770. The van der Waals surface area contributed by atoms with Gasteiger partial charge in [-0.2, -0.15) is 0 Å². The second kappa shape index (κ2) is 4.48. The number of nitrogens with one attached hydrogen (secondary N) is 1. The molecule has 94 valence electrons. The van der Waals surface area contributed by atoms with Crippen molar-refractivity contribution in [3.8, 4) is 0 Å². The van der Waals surface area contributed by atoms with E-state index in [1.54, 1.807) is 0 Å². The number of amides is 1. The molecule has 1 aromatic rings. The second-order valence-corrected chi connectivity index (χ2v) is 6.84. The average Bonchev–Trinajstić information content (AvgIpc) is 2.97.